The molecule has 4 aliphatic rings. The van der Waals surface area contributed by atoms with Crippen LogP contribution in [0.2, 0.25) is 0 Å². The molecule has 3 aromatic carbocycles. The summed E-state index contributed by atoms with van der Waals surface area (Å²) in [4.78, 5) is 38.8. The predicted molar refractivity (Wildman–Crippen MR) is 220 cm³/mol. The molecule has 2 amide bonds. The SMILES string of the molecule is Cc1c(CN2O[C@@H](CN)[C@@H]([C@H](C)O)[C@H]2C(=O)NC2C[C@H]3C[C@@H]([C@@H]2C)C3(C)C)cccc1-c1cc(C(=O)N[C@@H](Cc2ccccc2)CN(C)C)cc(N(C)C)c1. The minimum atomic E-state index is -0.791. The molecule has 0 aromatic heterocycles. The van der Waals surface area contributed by atoms with Crippen LogP contribution in [-0.2, 0) is 22.6 Å². The monoisotopic (exact) mass is 752 g/mol. The fourth-order valence-electron chi connectivity index (χ4n) is 9.79. The van der Waals surface area contributed by atoms with Crippen molar-refractivity contribution in [3.63, 3.8) is 0 Å². The molecule has 298 valence electrons. The normalized spacial score (nSPS) is 26.9. The summed E-state index contributed by atoms with van der Waals surface area (Å²) in [6.45, 7) is 12.0. The maximum Gasteiger partial charge on any atom is 0.251 e. The fraction of sp³-hybridized carbons (Fsp3) is 0.556. The van der Waals surface area contributed by atoms with Gasteiger partial charge in [-0.25, -0.2) is 0 Å². The van der Waals surface area contributed by atoms with Crippen molar-refractivity contribution in [3.8, 4) is 11.1 Å². The van der Waals surface area contributed by atoms with Crippen LogP contribution < -0.4 is 21.3 Å². The van der Waals surface area contributed by atoms with Crippen molar-refractivity contribution in [2.24, 2.45) is 34.8 Å². The zero-order valence-corrected chi connectivity index (χ0v) is 34.4. The molecule has 0 spiro atoms. The predicted octanol–water partition coefficient (Wildman–Crippen LogP) is 5.26. The van der Waals surface area contributed by atoms with Crippen LogP contribution in [0.5, 0.6) is 0 Å². The van der Waals surface area contributed by atoms with Crippen LogP contribution in [0, 0.1) is 36.0 Å². The Morgan fingerprint density at radius 3 is 2.38 bits per heavy atom. The summed E-state index contributed by atoms with van der Waals surface area (Å²) in [5.74, 6) is 0.868. The van der Waals surface area contributed by atoms with Crippen molar-refractivity contribution < 1.29 is 19.5 Å². The van der Waals surface area contributed by atoms with Gasteiger partial charge >= 0.3 is 0 Å². The van der Waals surface area contributed by atoms with Gasteiger partial charge < -0.3 is 31.3 Å². The van der Waals surface area contributed by atoms with Crippen LogP contribution in [0.4, 0.5) is 5.69 Å². The van der Waals surface area contributed by atoms with Crippen molar-refractivity contribution in [1.82, 2.24) is 20.6 Å². The van der Waals surface area contributed by atoms with Crippen molar-refractivity contribution in [2.45, 2.75) is 90.8 Å². The minimum Gasteiger partial charge on any atom is -0.393 e. The maximum atomic E-state index is 14.3. The number of amides is 2. The van der Waals surface area contributed by atoms with E-state index in [1.807, 2.05) is 69.5 Å². The standard InChI is InChI=1S/C45H64N6O4/c1-27-31(25-51-42(41(29(3)52)40(24-46)55-51)44(54)48-39-23-34-22-38(28(39)2)45(34,4)5)16-13-17-37(27)32-19-33(21-36(20-32)50(8)9)43(53)47-35(26-49(6)7)18-30-14-11-10-12-15-30/h10-17,19-21,28-29,34-35,38-42,52H,18,22-26,46H2,1-9H3,(H,47,53)(H,48,54)/t28-,29-,34+,35-,38-,39?,40-,41+,42-/m0/s1. The van der Waals surface area contributed by atoms with Gasteiger partial charge in [0.25, 0.3) is 5.91 Å². The van der Waals surface area contributed by atoms with E-state index in [1.54, 1.807) is 12.0 Å². The average Bonchev–Trinajstić information content (AvgIpc) is 3.51. The van der Waals surface area contributed by atoms with E-state index >= 15 is 0 Å². The maximum absolute atomic E-state index is 14.3. The summed E-state index contributed by atoms with van der Waals surface area (Å²) < 4.78 is 0. The molecular formula is C45H64N6O4. The molecule has 1 heterocycles. The Morgan fingerprint density at radius 2 is 1.76 bits per heavy atom. The highest BCUT2D eigenvalue weighted by atomic mass is 16.7. The topological polar surface area (TPSA) is 123 Å². The highest BCUT2D eigenvalue weighted by Crippen LogP contribution is 2.61. The third-order valence-electron chi connectivity index (χ3n) is 13.1. The van der Waals surface area contributed by atoms with Crippen LogP contribution >= 0.6 is 0 Å². The number of hydrogen-bond donors (Lipinski definition) is 4. The van der Waals surface area contributed by atoms with Gasteiger partial charge in [0.1, 0.15) is 6.04 Å². The van der Waals surface area contributed by atoms with Crippen LogP contribution in [0.3, 0.4) is 0 Å². The van der Waals surface area contributed by atoms with Gasteiger partial charge in [0.05, 0.1) is 18.8 Å². The first-order valence-corrected chi connectivity index (χ1v) is 20.1. The highest BCUT2D eigenvalue weighted by Gasteiger charge is 2.57. The second-order valence-electron chi connectivity index (χ2n) is 17.7. The molecule has 1 saturated heterocycles. The molecule has 3 aromatic rings. The molecule has 55 heavy (non-hydrogen) atoms. The number of likely N-dealkylation sites (N-methyl/N-ethyl adjacent to an activating group) is 1. The summed E-state index contributed by atoms with van der Waals surface area (Å²) in [6, 6.07) is 21.7. The molecule has 0 radical (unpaired) electrons. The van der Waals surface area contributed by atoms with Gasteiger partial charge in [-0.2, -0.15) is 5.06 Å². The molecule has 7 rings (SSSR count). The van der Waals surface area contributed by atoms with Crippen LogP contribution in [0.15, 0.2) is 66.7 Å². The number of aliphatic hydroxyl groups is 1. The summed E-state index contributed by atoms with van der Waals surface area (Å²) >= 11 is 0. The molecule has 4 fully saturated rings. The lowest BCUT2D eigenvalue weighted by atomic mass is 9.45. The van der Waals surface area contributed by atoms with E-state index in [0.717, 1.165) is 40.8 Å². The van der Waals surface area contributed by atoms with E-state index in [0.29, 0.717) is 41.8 Å². The molecule has 2 bridgehead atoms. The Morgan fingerprint density at radius 1 is 1.04 bits per heavy atom. The quantitative estimate of drug-likeness (QED) is 0.176. The Hall–Kier alpha value is -3.80. The number of aliphatic hydroxyl groups excluding tert-OH is 1. The number of nitrogens with zero attached hydrogens (tertiary/aromatic N) is 3. The molecule has 10 heteroatoms. The largest absolute Gasteiger partial charge is 0.393 e. The Bertz CT molecular complexity index is 1810. The number of nitrogens with two attached hydrogens (primary N) is 1. The molecule has 3 saturated carbocycles. The van der Waals surface area contributed by atoms with E-state index in [4.69, 9.17) is 10.6 Å². The van der Waals surface area contributed by atoms with Gasteiger partial charge in [0.2, 0.25) is 5.91 Å². The fourth-order valence-corrected chi connectivity index (χ4v) is 9.79. The molecule has 5 N–H and O–H groups in total. The van der Waals surface area contributed by atoms with Gasteiger partial charge in [-0.15, -0.1) is 0 Å². The van der Waals surface area contributed by atoms with Crippen molar-refractivity contribution in [3.05, 3.63) is 89.0 Å². The third kappa shape index (κ3) is 8.64. The van der Waals surface area contributed by atoms with Crippen molar-refractivity contribution >= 4 is 17.5 Å². The molecular weight excluding hydrogens is 689 g/mol. The Labute approximate surface area is 328 Å². The number of anilines is 1. The van der Waals surface area contributed by atoms with Gasteiger partial charge in [-0.3, -0.25) is 14.4 Å². The van der Waals surface area contributed by atoms with Gasteiger partial charge in [0.15, 0.2) is 0 Å². The molecule has 1 aliphatic heterocycles. The second kappa shape index (κ2) is 16.7. The zero-order chi connectivity index (χ0) is 39.8. The number of rotatable bonds is 14. The zero-order valence-electron chi connectivity index (χ0n) is 34.4. The molecule has 9 atom stereocenters. The van der Waals surface area contributed by atoms with E-state index in [1.165, 1.54) is 12.0 Å². The second-order valence-corrected chi connectivity index (χ2v) is 17.7. The average molecular weight is 753 g/mol. The van der Waals surface area contributed by atoms with Gasteiger partial charge in [-0.1, -0.05) is 69.3 Å². The van der Waals surface area contributed by atoms with Crippen LogP contribution in [0.25, 0.3) is 11.1 Å². The minimum absolute atomic E-state index is 0.0753. The Kier molecular flexibility index (Phi) is 12.4. The number of carbonyl (C=O) groups is 2. The number of hydrogen-bond acceptors (Lipinski definition) is 8. The van der Waals surface area contributed by atoms with E-state index in [-0.39, 0.29) is 30.4 Å². The number of carbonyl (C=O) groups excluding carboxylic acids is 2. The lowest BCUT2D eigenvalue weighted by molar-refractivity contribution is -0.175. The molecule has 1 unspecified atom stereocenters. The van der Waals surface area contributed by atoms with E-state index in [9.17, 15) is 14.7 Å². The first-order chi connectivity index (χ1) is 26.1. The summed E-state index contributed by atoms with van der Waals surface area (Å²) in [5.41, 5.74) is 13.1. The molecule has 10 nitrogen and oxygen atoms in total. The van der Waals surface area contributed by atoms with Gasteiger partial charge in [0, 0.05) is 56.4 Å². The summed E-state index contributed by atoms with van der Waals surface area (Å²) in [7, 11) is 8.00. The van der Waals surface area contributed by atoms with Gasteiger partial charge in [-0.05, 0) is 116 Å². The number of fused-ring (bicyclic) bond motifs is 2. The van der Waals surface area contributed by atoms with Crippen molar-refractivity contribution in [1.29, 1.82) is 0 Å². The van der Waals surface area contributed by atoms with Crippen LogP contribution in [-0.4, -0.2) is 98.5 Å². The first kappa shape index (κ1) is 40.9. The number of hydroxylamine groups is 2. The Balaban J connectivity index is 1.26. The summed E-state index contributed by atoms with van der Waals surface area (Å²) in [6.07, 6.45) is 1.64. The lowest BCUT2D eigenvalue weighted by Crippen LogP contribution is -2.62. The first-order valence-electron chi connectivity index (χ1n) is 20.1. The number of nitrogens with one attached hydrogen (secondary N) is 2. The lowest BCUT2D eigenvalue weighted by Gasteiger charge is -2.62. The third-order valence-corrected chi connectivity index (χ3v) is 13.1. The van der Waals surface area contributed by atoms with Crippen LogP contribution in [0.1, 0.15) is 67.6 Å². The van der Waals surface area contributed by atoms with E-state index in [2.05, 4.69) is 73.6 Å². The smallest absolute Gasteiger partial charge is 0.251 e. The van der Waals surface area contributed by atoms with E-state index < -0.39 is 24.2 Å². The van der Waals surface area contributed by atoms with Crippen molar-refractivity contribution in [2.75, 3.05) is 46.2 Å². The molecule has 3 aliphatic carbocycles. The summed E-state index contributed by atoms with van der Waals surface area (Å²) in [5, 5.41) is 19.5. The highest BCUT2D eigenvalue weighted by molar-refractivity contribution is 5.97. The number of benzene rings is 3.